The van der Waals surface area contributed by atoms with E-state index in [4.69, 9.17) is 9.47 Å². The number of ether oxygens (including phenoxy) is 2. The number of rotatable bonds is 3. The van der Waals surface area contributed by atoms with E-state index < -0.39 is 0 Å². The van der Waals surface area contributed by atoms with Crippen LogP contribution in [0.15, 0.2) is 6.07 Å². The molecule has 0 bridgehead atoms. The first-order valence-corrected chi connectivity index (χ1v) is 5.85. The van der Waals surface area contributed by atoms with E-state index in [2.05, 4.69) is 10.6 Å². The molecule has 2 N–H and O–H groups in total. The standard InChI is InChI=1S/C13H18N2O3/c1-7-8(2)12(18-4)9(5-11(7)17-3)10-6-14-13(16)15-10/h5,10H,6H2,1-4H3,(H2,14,15,16). The van der Waals surface area contributed by atoms with Gasteiger partial charge in [-0.25, -0.2) is 4.79 Å². The number of benzene rings is 1. The fourth-order valence-electron chi connectivity index (χ4n) is 2.27. The SMILES string of the molecule is COc1cc(C2CNC(=O)N2)c(OC)c(C)c1C. The summed E-state index contributed by atoms with van der Waals surface area (Å²) in [6, 6.07) is 1.69. The van der Waals surface area contributed by atoms with Gasteiger partial charge in [-0.3, -0.25) is 0 Å². The molecule has 98 valence electrons. The van der Waals surface area contributed by atoms with Crippen molar-refractivity contribution in [3.63, 3.8) is 0 Å². The van der Waals surface area contributed by atoms with Gasteiger partial charge in [0.05, 0.1) is 20.3 Å². The van der Waals surface area contributed by atoms with E-state index in [1.165, 1.54) is 0 Å². The molecule has 0 aromatic heterocycles. The van der Waals surface area contributed by atoms with Crippen LogP contribution < -0.4 is 20.1 Å². The van der Waals surface area contributed by atoms with E-state index in [1.807, 2.05) is 19.9 Å². The van der Waals surface area contributed by atoms with Crippen molar-refractivity contribution in [3.8, 4) is 11.5 Å². The van der Waals surface area contributed by atoms with Crippen LogP contribution in [0.3, 0.4) is 0 Å². The van der Waals surface area contributed by atoms with Gasteiger partial charge >= 0.3 is 6.03 Å². The Morgan fingerprint density at radius 1 is 1.22 bits per heavy atom. The van der Waals surface area contributed by atoms with Gasteiger partial charge in [0.15, 0.2) is 0 Å². The number of carbonyl (C=O) groups excluding carboxylic acids is 1. The summed E-state index contributed by atoms with van der Waals surface area (Å²) >= 11 is 0. The summed E-state index contributed by atoms with van der Waals surface area (Å²) in [5.41, 5.74) is 3.03. The fraction of sp³-hybridized carbons (Fsp3) is 0.462. The highest BCUT2D eigenvalue weighted by molar-refractivity contribution is 5.77. The highest BCUT2D eigenvalue weighted by Gasteiger charge is 2.26. The van der Waals surface area contributed by atoms with Crippen LogP contribution in [0.2, 0.25) is 0 Å². The Morgan fingerprint density at radius 2 is 1.94 bits per heavy atom. The zero-order chi connectivity index (χ0) is 13.3. The first kappa shape index (κ1) is 12.5. The summed E-state index contributed by atoms with van der Waals surface area (Å²) in [6.07, 6.45) is 0. The van der Waals surface area contributed by atoms with E-state index in [0.29, 0.717) is 6.54 Å². The van der Waals surface area contributed by atoms with E-state index in [-0.39, 0.29) is 12.1 Å². The third-order valence-corrected chi connectivity index (χ3v) is 3.39. The van der Waals surface area contributed by atoms with E-state index >= 15 is 0 Å². The molecule has 1 heterocycles. The molecular weight excluding hydrogens is 232 g/mol. The lowest BCUT2D eigenvalue weighted by Crippen LogP contribution is -2.22. The third-order valence-electron chi connectivity index (χ3n) is 3.39. The number of carbonyl (C=O) groups is 1. The molecule has 0 radical (unpaired) electrons. The first-order valence-electron chi connectivity index (χ1n) is 5.85. The molecule has 1 aliphatic heterocycles. The van der Waals surface area contributed by atoms with Gasteiger partial charge in [0.1, 0.15) is 11.5 Å². The molecule has 1 saturated heterocycles. The van der Waals surface area contributed by atoms with Crippen LogP contribution in [0, 0.1) is 13.8 Å². The summed E-state index contributed by atoms with van der Waals surface area (Å²) in [4.78, 5) is 11.2. The highest BCUT2D eigenvalue weighted by Crippen LogP contribution is 2.37. The number of amides is 2. The van der Waals surface area contributed by atoms with E-state index in [9.17, 15) is 4.79 Å². The Kier molecular flexibility index (Phi) is 3.32. The minimum absolute atomic E-state index is 0.0827. The molecule has 1 unspecified atom stereocenters. The molecule has 5 nitrogen and oxygen atoms in total. The van der Waals surface area contributed by atoms with Crippen molar-refractivity contribution in [2.75, 3.05) is 20.8 Å². The molecule has 1 aliphatic rings. The number of urea groups is 1. The summed E-state index contributed by atoms with van der Waals surface area (Å²) < 4.78 is 10.8. The molecule has 0 aliphatic carbocycles. The maximum atomic E-state index is 11.2. The number of methoxy groups -OCH3 is 2. The molecule has 5 heteroatoms. The molecule has 1 fully saturated rings. The summed E-state index contributed by atoms with van der Waals surface area (Å²) in [6.45, 7) is 4.54. The molecule has 2 amide bonds. The van der Waals surface area contributed by atoms with Gasteiger partial charge in [0, 0.05) is 12.1 Å². The lowest BCUT2D eigenvalue weighted by atomic mass is 9.98. The third kappa shape index (κ3) is 1.96. The van der Waals surface area contributed by atoms with Crippen LogP contribution in [-0.2, 0) is 0 Å². The largest absolute Gasteiger partial charge is 0.496 e. The Balaban J connectivity index is 2.51. The maximum Gasteiger partial charge on any atom is 0.315 e. The molecule has 18 heavy (non-hydrogen) atoms. The average Bonchev–Trinajstić information content (AvgIpc) is 2.79. The van der Waals surface area contributed by atoms with Gasteiger partial charge in [-0.15, -0.1) is 0 Å². The van der Waals surface area contributed by atoms with Crippen LogP contribution in [0.4, 0.5) is 4.79 Å². The van der Waals surface area contributed by atoms with Gasteiger partial charge in [0.2, 0.25) is 0 Å². The molecule has 2 rings (SSSR count). The minimum Gasteiger partial charge on any atom is -0.496 e. The van der Waals surface area contributed by atoms with Gasteiger partial charge < -0.3 is 20.1 Å². The quantitative estimate of drug-likeness (QED) is 0.858. The Morgan fingerprint density at radius 3 is 2.44 bits per heavy atom. The summed E-state index contributed by atoms with van der Waals surface area (Å²) in [5, 5.41) is 5.60. The smallest absolute Gasteiger partial charge is 0.315 e. The van der Waals surface area contributed by atoms with E-state index in [0.717, 1.165) is 28.2 Å². The first-order chi connectivity index (χ1) is 8.58. The van der Waals surface area contributed by atoms with Crippen molar-refractivity contribution >= 4 is 6.03 Å². The predicted molar refractivity (Wildman–Crippen MR) is 68.3 cm³/mol. The van der Waals surface area contributed by atoms with Crippen LogP contribution in [-0.4, -0.2) is 26.8 Å². The number of nitrogens with one attached hydrogen (secondary N) is 2. The lowest BCUT2D eigenvalue weighted by molar-refractivity contribution is 0.247. The van der Waals surface area contributed by atoms with Crippen molar-refractivity contribution in [3.05, 3.63) is 22.8 Å². The average molecular weight is 250 g/mol. The number of hydrogen-bond donors (Lipinski definition) is 2. The molecule has 1 aromatic carbocycles. The van der Waals surface area contributed by atoms with Crippen molar-refractivity contribution in [2.24, 2.45) is 0 Å². The van der Waals surface area contributed by atoms with Gasteiger partial charge in [-0.1, -0.05) is 0 Å². The molecule has 1 aromatic rings. The van der Waals surface area contributed by atoms with Crippen molar-refractivity contribution in [1.29, 1.82) is 0 Å². The van der Waals surface area contributed by atoms with Gasteiger partial charge in [-0.2, -0.15) is 0 Å². The fourth-order valence-corrected chi connectivity index (χ4v) is 2.27. The monoisotopic (exact) mass is 250 g/mol. The maximum absolute atomic E-state index is 11.2. The number of hydrogen-bond acceptors (Lipinski definition) is 3. The second kappa shape index (κ2) is 4.76. The lowest BCUT2D eigenvalue weighted by Gasteiger charge is -2.19. The Bertz CT molecular complexity index is 486. The molecule has 0 spiro atoms. The topological polar surface area (TPSA) is 59.6 Å². The van der Waals surface area contributed by atoms with Gasteiger partial charge in [0.25, 0.3) is 0 Å². The van der Waals surface area contributed by atoms with Crippen molar-refractivity contribution < 1.29 is 14.3 Å². The zero-order valence-electron chi connectivity index (χ0n) is 11.1. The molecule has 0 saturated carbocycles. The van der Waals surface area contributed by atoms with Crippen LogP contribution >= 0.6 is 0 Å². The second-order valence-electron chi connectivity index (χ2n) is 4.36. The molecular formula is C13H18N2O3. The van der Waals surface area contributed by atoms with Crippen LogP contribution in [0.25, 0.3) is 0 Å². The van der Waals surface area contributed by atoms with Crippen LogP contribution in [0.1, 0.15) is 22.7 Å². The normalized spacial score (nSPS) is 18.2. The predicted octanol–water partition coefficient (Wildman–Crippen LogP) is 1.67. The van der Waals surface area contributed by atoms with E-state index in [1.54, 1.807) is 14.2 Å². The van der Waals surface area contributed by atoms with Crippen molar-refractivity contribution in [1.82, 2.24) is 10.6 Å². The summed E-state index contributed by atoms with van der Waals surface area (Å²) in [5.74, 6) is 1.62. The van der Waals surface area contributed by atoms with Crippen LogP contribution in [0.5, 0.6) is 11.5 Å². The summed E-state index contributed by atoms with van der Waals surface area (Å²) in [7, 11) is 3.28. The van der Waals surface area contributed by atoms with Crippen molar-refractivity contribution in [2.45, 2.75) is 19.9 Å². The Labute approximate surface area is 106 Å². The Hall–Kier alpha value is -1.91. The zero-order valence-corrected chi connectivity index (χ0v) is 11.1. The van der Waals surface area contributed by atoms with Gasteiger partial charge in [-0.05, 0) is 31.0 Å². The second-order valence-corrected chi connectivity index (χ2v) is 4.36. The minimum atomic E-state index is -0.153. The molecule has 1 atom stereocenters. The highest BCUT2D eigenvalue weighted by atomic mass is 16.5.